The molecule has 1 aliphatic rings. The van der Waals surface area contributed by atoms with E-state index in [0.717, 1.165) is 28.8 Å². The fraction of sp³-hybridized carbons (Fsp3) is 0.692. The minimum absolute atomic E-state index is 0.127. The molecule has 1 aromatic heterocycles. The number of ketones is 1. The molecule has 0 N–H and O–H groups in total. The normalized spacial score (nSPS) is 19.4. The first kappa shape index (κ1) is 12.6. The van der Waals surface area contributed by atoms with Crippen molar-refractivity contribution in [3.05, 3.63) is 10.6 Å². The third kappa shape index (κ3) is 2.68. The van der Waals surface area contributed by atoms with Gasteiger partial charge in [-0.2, -0.15) is 0 Å². The lowest BCUT2D eigenvalue weighted by Crippen LogP contribution is -2.40. The third-order valence-corrected chi connectivity index (χ3v) is 4.60. The number of hydrogen-bond acceptors (Lipinski definition) is 4. The molecule has 0 aromatic carbocycles. The van der Waals surface area contributed by atoms with Gasteiger partial charge in [-0.05, 0) is 25.2 Å². The highest BCUT2D eigenvalue weighted by Crippen LogP contribution is 2.34. The second-order valence-electron chi connectivity index (χ2n) is 5.66. The molecule has 1 fully saturated rings. The van der Waals surface area contributed by atoms with Gasteiger partial charge < -0.3 is 4.90 Å². The second-order valence-corrected chi connectivity index (χ2v) is 6.63. The molecule has 0 amide bonds. The van der Waals surface area contributed by atoms with Crippen LogP contribution in [0.4, 0.5) is 5.13 Å². The van der Waals surface area contributed by atoms with Gasteiger partial charge in [0, 0.05) is 20.0 Å². The predicted molar refractivity (Wildman–Crippen MR) is 72.1 cm³/mol. The van der Waals surface area contributed by atoms with Crippen molar-refractivity contribution in [1.82, 2.24) is 4.98 Å². The van der Waals surface area contributed by atoms with Gasteiger partial charge >= 0.3 is 0 Å². The highest BCUT2D eigenvalue weighted by atomic mass is 32.1. The van der Waals surface area contributed by atoms with Crippen LogP contribution >= 0.6 is 11.3 Å². The SMILES string of the molecule is CC(=O)c1sc(N2CCCC(C)(C)C2)nc1C. The van der Waals surface area contributed by atoms with E-state index in [1.165, 1.54) is 12.8 Å². The molecule has 0 bridgehead atoms. The van der Waals surface area contributed by atoms with E-state index >= 15 is 0 Å². The van der Waals surface area contributed by atoms with Gasteiger partial charge in [-0.25, -0.2) is 4.98 Å². The number of aromatic nitrogens is 1. The van der Waals surface area contributed by atoms with Gasteiger partial charge in [0.05, 0.1) is 10.6 Å². The molecule has 1 aliphatic heterocycles. The number of nitrogens with zero attached hydrogens (tertiary/aromatic N) is 2. The maximum Gasteiger partial charge on any atom is 0.186 e. The smallest absolute Gasteiger partial charge is 0.186 e. The number of hydrogen-bond donors (Lipinski definition) is 0. The summed E-state index contributed by atoms with van der Waals surface area (Å²) in [6.45, 7) is 10.2. The number of rotatable bonds is 2. The van der Waals surface area contributed by atoms with Crippen molar-refractivity contribution >= 4 is 22.3 Å². The van der Waals surface area contributed by atoms with Crippen molar-refractivity contribution in [2.24, 2.45) is 5.41 Å². The van der Waals surface area contributed by atoms with Crippen LogP contribution in [0, 0.1) is 12.3 Å². The van der Waals surface area contributed by atoms with Gasteiger partial charge in [-0.15, -0.1) is 0 Å². The zero-order valence-electron chi connectivity index (χ0n) is 11.0. The average molecular weight is 252 g/mol. The molecule has 1 aromatic rings. The maximum atomic E-state index is 11.4. The van der Waals surface area contributed by atoms with Gasteiger partial charge in [0.2, 0.25) is 0 Å². The summed E-state index contributed by atoms with van der Waals surface area (Å²) in [5.41, 5.74) is 1.23. The summed E-state index contributed by atoms with van der Waals surface area (Å²) < 4.78 is 0. The van der Waals surface area contributed by atoms with Crippen LogP contribution in [0.5, 0.6) is 0 Å². The maximum absolute atomic E-state index is 11.4. The second kappa shape index (κ2) is 4.41. The van der Waals surface area contributed by atoms with Crippen molar-refractivity contribution in [1.29, 1.82) is 0 Å². The Labute approximate surface area is 107 Å². The Morgan fingerprint density at radius 2 is 2.18 bits per heavy atom. The Morgan fingerprint density at radius 3 is 2.71 bits per heavy atom. The van der Waals surface area contributed by atoms with Crippen LogP contribution in [0.1, 0.15) is 49.0 Å². The van der Waals surface area contributed by atoms with Crippen LogP contribution in [0.25, 0.3) is 0 Å². The Kier molecular flexibility index (Phi) is 3.25. The molecule has 17 heavy (non-hydrogen) atoms. The topological polar surface area (TPSA) is 33.2 Å². The molecule has 94 valence electrons. The monoisotopic (exact) mass is 252 g/mol. The van der Waals surface area contributed by atoms with E-state index < -0.39 is 0 Å². The number of Topliss-reactive ketones (excluding diaryl/α,β-unsaturated/α-hetero) is 1. The third-order valence-electron chi connectivity index (χ3n) is 3.28. The lowest BCUT2D eigenvalue weighted by atomic mass is 9.84. The Hall–Kier alpha value is -0.900. The molecule has 3 nitrogen and oxygen atoms in total. The van der Waals surface area contributed by atoms with Crippen LogP contribution in [0.3, 0.4) is 0 Å². The highest BCUT2D eigenvalue weighted by molar-refractivity contribution is 7.17. The Balaban J connectivity index is 2.22. The number of piperidine rings is 1. The van der Waals surface area contributed by atoms with Gasteiger partial charge in [-0.3, -0.25) is 4.79 Å². The molecule has 2 rings (SSSR count). The number of thiazole rings is 1. The van der Waals surface area contributed by atoms with E-state index in [4.69, 9.17) is 0 Å². The number of anilines is 1. The predicted octanol–water partition coefficient (Wildman–Crippen LogP) is 3.28. The lowest BCUT2D eigenvalue weighted by Gasteiger charge is -2.37. The zero-order chi connectivity index (χ0) is 12.6. The molecular weight excluding hydrogens is 232 g/mol. The molecule has 0 aliphatic carbocycles. The summed E-state index contributed by atoms with van der Waals surface area (Å²) in [7, 11) is 0. The van der Waals surface area contributed by atoms with Crippen molar-refractivity contribution in [2.45, 2.75) is 40.5 Å². The first-order valence-corrected chi connectivity index (χ1v) is 6.94. The molecule has 0 atom stereocenters. The minimum atomic E-state index is 0.127. The molecule has 0 saturated carbocycles. The van der Waals surface area contributed by atoms with Gasteiger partial charge in [0.25, 0.3) is 0 Å². The Bertz CT molecular complexity index is 437. The first-order chi connectivity index (χ1) is 7.89. The van der Waals surface area contributed by atoms with Crippen LogP contribution in [0.15, 0.2) is 0 Å². The average Bonchev–Trinajstić information content (AvgIpc) is 2.59. The molecule has 1 saturated heterocycles. The first-order valence-electron chi connectivity index (χ1n) is 6.12. The molecule has 4 heteroatoms. The van der Waals surface area contributed by atoms with Gasteiger partial charge in [0.15, 0.2) is 10.9 Å². The standard InChI is InChI=1S/C13H20N2OS/c1-9-11(10(2)16)17-12(14-9)15-7-5-6-13(3,4)8-15/h5-8H2,1-4H3. The van der Waals surface area contributed by atoms with Crippen molar-refractivity contribution in [2.75, 3.05) is 18.0 Å². The zero-order valence-corrected chi connectivity index (χ0v) is 11.9. The van der Waals surface area contributed by atoms with E-state index in [0.29, 0.717) is 5.41 Å². The van der Waals surface area contributed by atoms with Crippen molar-refractivity contribution in [3.8, 4) is 0 Å². The number of carbonyl (C=O) groups is 1. The molecule has 2 heterocycles. The van der Waals surface area contributed by atoms with Crippen molar-refractivity contribution in [3.63, 3.8) is 0 Å². The van der Waals surface area contributed by atoms with Crippen LogP contribution in [-0.4, -0.2) is 23.9 Å². The lowest BCUT2D eigenvalue weighted by molar-refractivity contribution is 0.102. The molecule has 0 spiro atoms. The van der Waals surface area contributed by atoms with Crippen LogP contribution in [0.2, 0.25) is 0 Å². The van der Waals surface area contributed by atoms with Crippen molar-refractivity contribution < 1.29 is 4.79 Å². The largest absolute Gasteiger partial charge is 0.348 e. The fourth-order valence-electron chi connectivity index (χ4n) is 2.43. The van der Waals surface area contributed by atoms with E-state index in [2.05, 4.69) is 23.7 Å². The quantitative estimate of drug-likeness (QED) is 0.757. The Morgan fingerprint density at radius 1 is 1.47 bits per heavy atom. The van der Waals surface area contributed by atoms with Gasteiger partial charge in [0.1, 0.15) is 0 Å². The summed E-state index contributed by atoms with van der Waals surface area (Å²) in [6.07, 6.45) is 2.48. The van der Waals surface area contributed by atoms with E-state index in [1.54, 1.807) is 18.3 Å². The van der Waals surface area contributed by atoms with Crippen LogP contribution < -0.4 is 4.90 Å². The van der Waals surface area contributed by atoms with E-state index in [9.17, 15) is 4.79 Å². The van der Waals surface area contributed by atoms with Gasteiger partial charge in [-0.1, -0.05) is 25.2 Å². The summed E-state index contributed by atoms with van der Waals surface area (Å²) in [4.78, 5) is 19.1. The molecular formula is C13H20N2OS. The van der Waals surface area contributed by atoms with E-state index in [-0.39, 0.29) is 5.78 Å². The molecule has 0 unspecified atom stereocenters. The number of aryl methyl sites for hydroxylation is 1. The van der Waals surface area contributed by atoms with E-state index in [1.807, 2.05) is 6.92 Å². The summed E-state index contributed by atoms with van der Waals surface area (Å²) in [6, 6.07) is 0. The highest BCUT2D eigenvalue weighted by Gasteiger charge is 2.28. The summed E-state index contributed by atoms with van der Waals surface area (Å²) in [5.74, 6) is 0.127. The van der Waals surface area contributed by atoms with Crippen LogP contribution in [-0.2, 0) is 0 Å². The number of carbonyl (C=O) groups excluding carboxylic acids is 1. The summed E-state index contributed by atoms with van der Waals surface area (Å²) in [5, 5.41) is 1.01. The minimum Gasteiger partial charge on any atom is -0.348 e. The fourth-order valence-corrected chi connectivity index (χ4v) is 3.42. The molecule has 0 radical (unpaired) electrons. The summed E-state index contributed by atoms with van der Waals surface area (Å²) >= 11 is 1.54.